The zero-order valence-electron chi connectivity index (χ0n) is 8.40. The molecule has 0 fully saturated rings. The Bertz CT molecular complexity index is 272. The van der Waals surface area contributed by atoms with E-state index < -0.39 is 0 Å². The normalized spacial score (nSPS) is 10.1. The molecular weight excluding hydrogens is 196 g/mol. The van der Waals surface area contributed by atoms with Gasteiger partial charge in [0.25, 0.3) is 0 Å². The SMILES string of the molecule is CN(CCCN)C(=O)Cc1cccs1. The van der Waals surface area contributed by atoms with E-state index in [9.17, 15) is 4.79 Å². The summed E-state index contributed by atoms with van der Waals surface area (Å²) in [6.07, 6.45) is 1.38. The molecule has 0 unspecified atom stereocenters. The third kappa shape index (κ3) is 3.47. The van der Waals surface area contributed by atoms with Crippen LogP contribution < -0.4 is 5.73 Å². The smallest absolute Gasteiger partial charge is 0.227 e. The van der Waals surface area contributed by atoms with Crippen LogP contribution in [0.15, 0.2) is 17.5 Å². The molecule has 0 aliphatic carbocycles. The van der Waals surface area contributed by atoms with Crippen molar-refractivity contribution in [1.29, 1.82) is 0 Å². The van der Waals surface area contributed by atoms with E-state index in [-0.39, 0.29) is 5.91 Å². The van der Waals surface area contributed by atoms with Crippen molar-refractivity contribution >= 4 is 17.2 Å². The number of hydrogen-bond donors (Lipinski definition) is 1. The Morgan fingerprint density at radius 2 is 2.43 bits per heavy atom. The van der Waals surface area contributed by atoms with Gasteiger partial charge >= 0.3 is 0 Å². The van der Waals surface area contributed by atoms with E-state index in [1.54, 1.807) is 16.2 Å². The van der Waals surface area contributed by atoms with Crippen LogP contribution >= 0.6 is 11.3 Å². The Labute approximate surface area is 88.5 Å². The van der Waals surface area contributed by atoms with Gasteiger partial charge in [0.2, 0.25) is 5.91 Å². The van der Waals surface area contributed by atoms with Crippen LogP contribution in [-0.4, -0.2) is 30.9 Å². The zero-order chi connectivity index (χ0) is 10.4. The molecule has 0 spiro atoms. The fourth-order valence-electron chi connectivity index (χ4n) is 1.15. The van der Waals surface area contributed by atoms with Crippen molar-refractivity contribution in [3.8, 4) is 0 Å². The molecular formula is C10H16N2OS. The van der Waals surface area contributed by atoms with Gasteiger partial charge in [-0.25, -0.2) is 0 Å². The molecule has 0 saturated carbocycles. The maximum atomic E-state index is 11.6. The molecule has 0 saturated heterocycles. The minimum Gasteiger partial charge on any atom is -0.345 e. The number of carbonyl (C=O) groups excluding carboxylic acids is 1. The fraction of sp³-hybridized carbons (Fsp3) is 0.500. The van der Waals surface area contributed by atoms with E-state index >= 15 is 0 Å². The highest BCUT2D eigenvalue weighted by atomic mass is 32.1. The van der Waals surface area contributed by atoms with Crippen molar-refractivity contribution in [2.75, 3.05) is 20.1 Å². The maximum Gasteiger partial charge on any atom is 0.227 e. The molecule has 14 heavy (non-hydrogen) atoms. The molecule has 0 atom stereocenters. The van der Waals surface area contributed by atoms with Gasteiger partial charge in [-0.3, -0.25) is 4.79 Å². The van der Waals surface area contributed by atoms with E-state index in [1.807, 2.05) is 24.6 Å². The lowest BCUT2D eigenvalue weighted by Gasteiger charge is -2.15. The summed E-state index contributed by atoms with van der Waals surface area (Å²) in [5, 5.41) is 1.99. The van der Waals surface area contributed by atoms with Gasteiger partial charge in [-0.2, -0.15) is 0 Å². The number of amides is 1. The average Bonchev–Trinajstić information content (AvgIpc) is 2.66. The Balaban J connectivity index is 2.34. The number of nitrogens with zero attached hydrogens (tertiary/aromatic N) is 1. The van der Waals surface area contributed by atoms with Gasteiger partial charge in [-0.05, 0) is 24.4 Å². The summed E-state index contributed by atoms with van der Waals surface area (Å²) >= 11 is 1.62. The Kier molecular flexibility index (Phi) is 4.62. The number of rotatable bonds is 5. The van der Waals surface area contributed by atoms with Crippen molar-refractivity contribution in [2.24, 2.45) is 5.73 Å². The molecule has 0 aromatic carbocycles. The lowest BCUT2D eigenvalue weighted by Crippen LogP contribution is -2.30. The van der Waals surface area contributed by atoms with Crippen LogP contribution in [0.2, 0.25) is 0 Å². The van der Waals surface area contributed by atoms with Crippen LogP contribution in [0.5, 0.6) is 0 Å². The number of thiophene rings is 1. The van der Waals surface area contributed by atoms with Gasteiger partial charge < -0.3 is 10.6 Å². The van der Waals surface area contributed by atoms with E-state index in [2.05, 4.69) is 0 Å². The molecule has 1 heterocycles. The Hall–Kier alpha value is -0.870. The first-order chi connectivity index (χ1) is 6.74. The monoisotopic (exact) mass is 212 g/mol. The predicted molar refractivity (Wildman–Crippen MR) is 59.3 cm³/mol. The van der Waals surface area contributed by atoms with Crippen LogP contribution in [0.25, 0.3) is 0 Å². The van der Waals surface area contributed by atoms with Crippen molar-refractivity contribution in [1.82, 2.24) is 4.90 Å². The van der Waals surface area contributed by atoms with Crippen LogP contribution in [0.4, 0.5) is 0 Å². The van der Waals surface area contributed by atoms with Gasteiger partial charge in [0.1, 0.15) is 0 Å². The molecule has 2 N–H and O–H groups in total. The van der Waals surface area contributed by atoms with Crippen LogP contribution in [-0.2, 0) is 11.2 Å². The molecule has 1 amide bonds. The largest absolute Gasteiger partial charge is 0.345 e. The third-order valence-corrected chi connectivity index (χ3v) is 2.91. The van der Waals surface area contributed by atoms with Crippen LogP contribution in [0.3, 0.4) is 0 Å². The minimum atomic E-state index is 0.167. The lowest BCUT2D eigenvalue weighted by atomic mass is 10.3. The van der Waals surface area contributed by atoms with Gasteiger partial charge in [-0.15, -0.1) is 11.3 Å². The van der Waals surface area contributed by atoms with Crippen LogP contribution in [0.1, 0.15) is 11.3 Å². The van der Waals surface area contributed by atoms with Gasteiger partial charge in [0, 0.05) is 18.5 Å². The van der Waals surface area contributed by atoms with Crippen molar-refractivity contribution < 1.29 is 4.79 Å². The molecule has 78 valence electrons. The summed E-state index contributed by atoms with van der Waals surface area (Å²) < 4.78 is 0. The van der Waals surface area contributed by atoms with Gasteiger partial charge in [-0.1, -0.05) is 6.07 Å². The first-order valence-corrected chi connectivity index (χ1v) is 5.58. The average molecular weight is 212 g/mol. The second-order valence-corrected chi connectivity index (χ2v) is 4.25. The Morgan fingerprint density at radius 3 is 3.00 bits per heavy atom. The van der Waals surface area contributed by atoms with E-state index in [1.165, 1.54) is 0 Å². The summed E-state index contributed by atoms with van der Waals surface area (Å²) in [6, 6.07) is 3.95. The second-order valence-electron chi connectivity index (χ2n) is 3.21. The Morgan fingerprint density at radius 1 is 1.64 bits per heavy atom. The molecule has 3 nitrogen and oxygen atoms in total. The highest BCUT2D eigenvalue weighted by molar-refractivity contribution is 7.10. The first kappa shape index (κ1) is 11.2. The minimum absolute atomic E-state index is 0.167. The second kappa shape index (κ2) is 5.78. The molecule has 0 aliphatic heterocycles. The number of likely N-dealkylation sites (N-methyl/N-ethyl adjacent to an activating group) is 1. The highest BCUT2D eigenvalue weighted by Crippen LogP contribution is 2.10. The fourth-order valence-corrected chi connectivity index (χ4v) is 1.85. The quantitative estimate of drug-likeness (QED) is 0.794. The van der Waals surface area contributed by atoms with E-state index in [0.29, 0.717) is 13.0 Å². The molecule has 0 bridgehead atoms. The zero-order valence-corrected chi connectivity index (χ0v) is 9.22. The molecule has 1 aromatic heterocycles. The molecule has 0 radical (unpaired) electrons. The lowest BCUT2D eigenvalue weighted by molar-refractivity contribution is -0.129. The molecule has 4 heteroatoms. The van der Waals surface area contributed by atoms with E-state index in [0.717, 1.165) is 17.8 Å². The highest BCUT2D eigenvalue weighted by Gasteiger charge is 2.08. The maximum absolute atomic E-state index is 11.6. The van der Waals surface area contributed by atoms with Crippen LogP contribution in [0, 0.1) is 0 Å². The molecule has 1 aromatic rings. The number of hydrogen-bond acceptors (Lipinski definition) is 3. The topological polar surface area (TPSA) is 46.3 Å². The molecule has 0 aliphatic rings. The molecule has 1 rings (SSSR count). The van der Waals surface area contributed by atoms with Gasteiger partial charge in [0.05, 0.1) is 6.42 Å². The van der Waals surface area contributed by atoms with Gasteiger partial charge in [0.15, 0.2) is 0 Å². The van der Waals surface area contributed by atoms with Crippen molar-refractivity contribution in [3.05, 3.63) is 22.4 Å². The summed E-state index contributed by atoms with van der Waals surface area (Å²) in [7, 11) is 1.82. The number of carbonyl (C=O) groups is 1. The summed E-state index contributed by atoms with van der Waals surface area (Å²) in [5.41, 5.74) is 5.38. The standard InChI is InChI=1S/C10H16N2OS/c1-12(6-3-5-11)10(13)8-9-4-2-7-14-9/h2,4,7H,3,5-6,8,11H2,1H3. The summed E-state index contributed by atoms with van der Waals surface area (Å²) in [5.74, 6) is 0.167. The summed E-state index contributed by atoms with van der Waals surface area (Å²) in [4.78, 5) is 14.5. The van der Waals surface area contributed by atoms with E-state index in [4.69, 9.17) is 5.73 Å². The van der Waals surface area contributed by atoms with Crippen molar-refractivity contribution in [2.45, 2.75) is 12.8 Å². The third-order valence-electron chi connectivity index (χ3n) is 2.03. The van der Waals surface area contributed by atoms with Crippen molar-refractivity contribution in [3.63, 3.8) is 0 Å². The number of nitrogens with two attached hydrogens (primary N) is 1. The summed E-state index contributed by atoms with van der Waals surface area (Å²) in [6.45, 7) is 1.39. The predicted octanol–water partition coefficient (Wildman–Crippen LogP) is 1.10. The first-order valence-electron chi connectivity index (χ1n) is 4.70.